The summed E-state index contributed by atoms with van der Waals surface area (Å²) in [6.45, 7) is 6.22. The molecule has 3 aromatic rings. The van der Waals surface area contributed by atoms with Gasteiger partial charge in [-0.2, -0.15) is 4.98 Å². The van der Waals surface area contributed by atoms with E-state index in [1.54, 1.807) is 27.3 Å². The minimum atomic E-state index is -0.392. The van der Waals surface area contributed by atoms with Crippen molar-refractivity contribution in [1.82, 2.24) is 18.7 Å². The predicted octanol–water partition coefficient (Wildman–Crippen LogP) is 2.05. The first kappa shape index (κ1) is 25.6. The number of hydrogen-bond donors (Lipinski definition) is 1. The van der Waals surface area contributed by atoms with Crippen LogP contribution in [0.2, 0.25) is 0 Å². The van der Waals surface area contributed by atoms with Gasteiger partial charge in [0.1, 0.15) is 11.5 Å². The summed E-state index contributed by atoms with van der Waals surface area (Å²) in [6, 6.07) is 5.60. The Hall–Kier alpha value is -3.53. The van der Waals surface area contributed by atoms with Crippen molar-refractivity contribution in [2.24, 2.45) is 12.8 Å². The summed E-state index contributed by atoms with van der Waals surface area (Å²) in [5, 5.41) is 0. The molecule has 3 heterocycles. The van der Waals surface area contributed by atoms with Crippen molar-refractivity contribution in [3.05, 3.63) is 56.2 Å². The van der Waals surface area contributed by atoms with Gasteiger partial charge in [0.05, 0.1) is 14.2 Å². The summed E-state index contributed by atoms with van der Waals surface area (Å²) in [4.78, 5) is 34.0. The van der Waals surface area contributed by atoms with Crippen LogP contribution in [-0.4, -0.2) is 52.0 Å². The van der Waals surface area contributed by atoms with Crippen LogP contribution in [0.4, 0.5) is 5.95 Å². The van der Waals surface area contributed by atoms with Crippen LogP contribution in [0.3, 0.4) is 0 Å². The van der Waals surface area contributed by atoms with Crippen molar-refractivity contribution in [3.63, 3.8) is 0 Å². The van der Waals surface area contributed by atoms with Gasteiger partial charge in [-0.25, -0.2) is 4.79 Å². The summed E-state index contributed by atoms with van der Waals surface area (Å²) < 4.78 is 15.4. The van der Waals surface area contributed by atoms with Gasteiger partial charge >= 0.3 is 5.69 Å². The lowest BCUT2D eigenvalue weighted by molar-refractivity contribution is 0.393. The molecule has 10 heteroatoms. The topological polar surface area (TPSA) is 110 Å². The quantitative estimate of drug-likeness (QED) is 0.475. The van der Waals surface area contributed by atoms with Crippen molar-refractivity contribution in [3.8, 4) is 11.5 Å². The molecule has 36 heavy (non-hydrogen) atoms. The smallest absolute Gasteiger partial charge is 0.332 e. The third-order valence-corrected chi connectivity index (χ3v) is 6.67. The summed E-state index contributed by atoms with van der Waals surface area (Å²) in [7, 11) is 4.85. The summed E-state index contributed by atoms with van der Waals surface area (Å²) in [6.07, 6.45) is 4.45. The molecule has 1 fully saturated rings. The van der Waals surface area contributed by atoms with E-state index in [1.165, 1.54) is 9.13 Å². The fraction of sp³-hybridized carbons (Fsp3) is 0.500. The van der Waals surface area contributed by atoms with E-state index in [0.717, 1.165) is 30.5 Å². The molecule has 10 nitrogen and oxygen atoms in total. The fourth-order valence-electron chi connectivity index (χ4n) is 4.69. The highest BCUT2D eigenvalue weighted by molar-refractivity contribution is 5.74. The molecule has 4 rings (SSSR count). The van der Waals surface area contributed by atoms with Gasteiger partial charge in [0.15, 0.2) is 11.2 Å². The zero-order chi connectivity index (χ0) is 26.0. The monoisotopic (exact) mass is 496 g/mol. The second-order valence-corrected chi connectivity index (χ2v) is 9.59. The molecule has 0 spiro atoms. The van der Waals surface area contributed by atoms with Gasteiger partial charge in [-0.15, -0.1) is 0 Å². The van der Waals surface area contributed by atoms with E-state index in [9.17, 15) is 9.59 Å². The van der Waals surface area contributed by atoms with Crippen molar-refractivity contribution in [2.75, 3.05) is 32.2 Å². The Morgan fingerprint density at radius 2 is 1.83 bits per heavy atom. The molecule has 0 bridgehead atoms. The van der Waals surface area contributed by atoms with E-state index in [2.05, 4.69) is 11.0 Å². The van der Waals surface area contributed by atoms with Crippen LogP contribution >= 0.6 is 0 Å². The van der Waals surface area contributed by atoms with Gasteiger partial charge in [0, 0.05) is 45.3 Å². The number of imidazole rings is 1. The molecule has 1 saturated heterocycles. The zero-order valence-electron chi connectivity index (χ0n) is 21.8. The van der Waals surface area contributed by atoms with Crippen LogP contribution in [0.25, 0.3) is 11.2 Å². The van der Waals surface area contributed by atoms with Crippen molar-refractivity contribution in [2.45, 2.75) is 52.2 Å². The zero-order valence-corrected chi connectivity index (χ0v) is 21.8. The van der Waals surface area contributed by atoms with Gasteiger partial charge in [0.2, 0.25) is 5.95 Å². The van der Waals surface area contributed by atoms with E-state index >= 15 is 0 Å². The number of anilines is 1. The molecular formula is C26H36N6O4. The molecule has 1 aromatic carbocycles. The molecular weight excluding hydrogens is 460 g/mol. The highest BCUT2D eigenvalue weighted by atomic mass is 16.5. The fourth-order valence-corrected chi connectivity index (χ4v) is 4.69. The third-order valence-electron chi connectivity index (χ3n) is 6.67. The lowest BCUT2D eigenvalue weighted by Gasteiger charge is -2.31. The van der Waals surface area contributed by atoms with Crippen LogP contribution in [-0.2, 0) is 26.6 Å². The lowest BCUT2D eigenvalue weighted by Crippen LogP contribution is -2.44. The van der Waals surface area contributed by atoms with Crippen molar-refractivity contribution < 1.29 is 9.47 Å². The van der Waals surface area contributed by atoms with E-state index < -0.39 is 5.69 Å². The standard InChI is InChI=1S/C26H36N6O4/c1-17(2)8-11-31-22-23(28-25(31)30-10-6-7-19(27)16-30)29(3)26(34)32(24(22)33)12-9-18-13-20(35-4)15-21(14-18)36-5/h8,13-15,19H,6-7,9-12,16,27H2,1-5H3. The van der Waals surface area contributed by atoms with Crippen molar-refractivity contribution in [1.29, 1.82) is 0 Å². The first-order valence-corrected chi connectivity index (χ1v) is 12.3. The average molecular weight is 497 g/mol. The number of hydrogen-bond acceptors (Lipinski definition) is 7. The Balaban J connectivity index is 1.81. The van der Waals surface area contributed by atoms with Crippen LogP contribution in [0, 0.1) is 0 Å². The molecule has 0 aliphatic carbocycles. The molecule has 1 atom stereocenters. The van der Waals surface area contributed by atoms with Gasteiger partial charge in [-0.3, -0.25) is 13.9 Å². The Labute approximate surface area is 210 Å². The number of nitrogens with zero attached hydrogens (tertiary/aromatic N) is 5. The first-order valence-electron chi connectivity index (χ1n) is 12.3. The normalized spacial score (nSPS) is 15.8. The molecule has 1 aliphatic rings. The Morgan fingerprint density at radius 3 is 2.44 bits per heavy atom. The number of benzene rings is 1. The third kappa shape index (κ3) is 5.04. The van der Waals surface area contributed by atoms with Gasteiger partial charge in [-0.05, 0) is 50.8 Å². The number of rotatable bonds is 8. The Morgan fingerprint density at radius 1 is 1.14 bits per heavy atom. The number of allylic oxidation sites excluding steroid dienone is 2. The van der Waals surface area contributed by atoms with Gasteiger partial charge in [0.25, 0.3) is 5.56 Å². The molecule has 2 aromatic heterocycles. The number of fused-ring (bicyclic) bond motifs is 1. The van der Waals surface area contributed by atoms with Crippen LogP contribution < -0.4 is 31.4 Å². The minimum Gasteiger partial charge on any atom is -0.497 e. The Bertz CT molecular complexity index is 1370. The maximum absolute atomic E-state index is 13.8. The number of ether oxygens (including phenoxy) is 2. The van der Waals surface area contributed by atoms with Gasteiger partial charge < -0.3 is 24.7 Å². The molecule has 0 amide bonds. The summed E-state index contributed by atoms with van der Waals surface area (Å²) in [5.74, 6) is 1.99. The van der Waals surface area contributed by atoms with Crippen LogP contribution in [0.1, 0.15) is 32.3 Å². The molecule has 2 N–H and O–H groups in total. The largest absolute Gasteiger partial charge is 0.497 e. The molecule has 0 radical (unpaired) electrons. The Kier molecular flexibility index (Phi) is 7.53. The van der Waals surface area contributed by atoms with E-state index in [-0.39, 0.29) is 18.1 Å². The number of methoxy groups -OCH3 is 2. The average Bonchev–Trinajstić information content (AvgIpc) is 3.25. The maximum Gasteiger partial charge on any atom is 0.332 e. The number of aryl methyl sites for hydroxylation is 2. The first-order chi connectivity index (χ1) is 17.2. The summed E-state index contributed by atoms with van der Waals surface area (Å²) >= 11 is 0. The highest BCUT2D eigenvalue weighted by Crippen LogP contribution is 2.24. The second kappa shape index (κ2) is 10.6. The number of piperidine rings is 1. The van der Waals surface area contributed by atoms with Crippen LogP contribution in [0.5, 0.6) is 11.5 Å². The summed E-state index contributed by atoms with van der Waals surface area (Å²) in [5.41, 5.74) is 8.36. The predicted molar refractivity (Wildman–Crippen MR) is 141 cm³/mol. The minimum absolute atomic E-state index is 0.0517. The molecule has 0 saturated carbocycles. The molecule has 194 valence electrons. The number of aromatic nitrogens is 4. The maximum atomic E-state index is 13.8. The van der Waals surface area contributed by atoms with E-state index in [1.807, 2.05) is 30.5 Å². The van der Waals surface area contributed by atoms with Gasteiger partial charge in [-0.1, -0.05) is 11.6 Å². The SMILES string of the molecule is COc1cc(CCn2c(=O)c3c(nc(N4CCCC(N)C4)n3CC=C(C)C)n(C)c2=O)cc(OC)c1. The van der Waals surface area contributed by atoms with Crippen molar-refractivity contribution >= 4 is 17.1 Å². The molecule has 1 unspecified atom stereocenters. The number of nitrogens with two attached hydrogens (primary N) is 1. The molecule has 1 aliphatic heterocycles. The highest BCUT2D eigenvalue weighted by Gasteiger charge is 2.26. The lowest BCUT2D eigenvalue weighted by atomic mass is 10.1. The van der Waals surface area contributed by atoms with Crippen LogP contribution in [0.15, 0.2) is 39.4 Å². The second-order valence-electron chi connectivity index (χ2n) is 9.59. The van der Waals surface area contributed by atoms with E-state index in [0.29, 0.717) is 48.1 Å². The van der Waals surface area contributed by atoms with E-state index in [4.69, 9.17) is 20.2 Å².